The van der Waals surface area contributed by atoms with Crippen LogP contribution in [0.4, 0.5) is 0 Å². The largest absolute Gasteiger partial charge is 0.345 e. The molecule has 0 aromatic carbocycles. The minimum Gasteiger partial charge on any atom is -0.345 e. The van der Waals surface area contributed by atoms with Crippen LogP contribution in [-0.2, 0) is 4.79 Å². The second-order valence-corrected chi connectivity index (χ2v) is 5.34. The number of carbonyl (C=O) groups is 1. The molecule has 1 aliphatic rings. The van der Waals surface area contributed by atoms with Crippen LogP contribution >= 0.6 is 0 Å². The number of hydrogen-bond acceptors (Lipinski definition) is 2. The highest BCUT2D eigenvalue weighted by atomic mass is 16.2. The van der Waals surface area contributed by atoms with E-state index in [4.69, 9.17) is 0 Å². The van der Waals surface area contributed by atoms with E-state index in [0.29, 0.717) is 0 Å². The van der Waals surface area contributed by atoms with Gasteiger partial charge in [0.2, 0.25) is 5.91 Å². The number of amides is 1. The molecule has 0 aromatic heterocycles. The summed E-state index contributed by atoms with van der Waals surface area (Å²) in [6.45, 7) is 5.78. The number of rotatable bonds is 5. The zero-order valence-electron chi connectivity index (χ0n) is 11.7. The molecule has 1 N–H and O–H groups in total. The molecule has 1 saturated carbocycles. The van der Waals surface area contributed by atoms with Gasteiger partial charge in [0.05, 0.1) is 6.04 Å². The molecule has 0 radical (unpaired) electrons. The number of nitrogens with one attached hydrogen (secondary N) is 1. The number of carbonyl (C=O) groups excluding carboxylic acids is 1. The lowest BCUT2D eigenvalue weighted by Crippen LogP contribution is -2.44. The lowest BCUT2D eigenvalue weighted by Gasteiger charge is -2.23. The van der Waals surface area contributed by atoms with Crippen molar-refractivity contribution in [3.05, 3.63) is 0 Å². The summed E-state index contributed by atoms with van der Waals surface area (Å²) in [5.74, 6) is 0.987. The van der Waals surface area contributed by atoms with Gasteiger partial charge in [-0.05, 0) is 39.2 Å². The van der Waals surface area contributed by atoms with Gasteiger partial charge in [-0.1, -0.05) is 25.7 Å². The Morgan fingerprint density at radius 1 is 1.29 bits per heavy atom. The number of hydrogen-bond donors (Lipinski definition) is 1. The van der Waals surface area contributed by atoms with E-state index in [9.17, 15) is 4.79 Å². The van der Waals surface area contributed by atoms with E-state index in [1.165, 1.54) is 38.5 Å². The second-order valence-electron chi connectivity index (χ2n) is 5.34. The van der Waals surface area contributed by atoms with Crippen LogP contribution in [0.3, 0.4) is 0 Å². The van der Waals surface area contributed by atoms with Crippen molar-refractivity contribution in [2.45, 2.75) is 58.4 Å². The Labute approximate surface area is 106 Å². The summed E-state index contributed by atoms with van der Waals surface area (Å²) in [4.78, 5) is 13.7. The third kappa shape index (κ3) is 5.07. The molecule has 0 aliphatic heterocycles. The molecule has 1 amide bonds. The summed E-state index contributed by atoms with van der Waals surface area (Å²) in [7, 11) is 1.87. The normalized spacial score (nSPS) is 19.7. The maximum absolute atomic E-state index is 11.9. The zero-order chi connectivity index (χ0) is 12.7. The second kappa shape index (κ2) is 7.70. The van der Waals surface area contributed by atoms with Crippen LogP contribution in [0.15, 0.2) is 0 Å². The van der Waals surface area contributed by atoms with Crippen molar-refractivity contribution in [3.63, 3.8) is 0 Å². The van der Waals surface area contributed by atoms with E-state index in [1.54, 1.807) is 4.90 Å². The van der Waals surface area contributed by atoms with Gasteiger partial charge >= 0.3 is 0 Å². The Hall–Kier alpha value is -0.570. The van der Waals surface area contributed by atoms with Crippen LogP contribution in [0.1, 0.15) is 52.4 Å². The van der Waals surface area contributed by atoms with Gasteiger partial charge < -0.3 is 10.2 Å². The highest BCUT2D eigenvalue weighted by Gasteiger charge is 2.18. The average molecular weight is 240 g/mol. The summed E-state index contributed by atoms with van der Waals surface area (Å²) >= 11 is 0. The maximum atomic E-state index is 11.9. The standard InChI is InChI=1S/C14H28N2O/c1-4-16(3)14(17)12(2)15-11-13-9-7-5-6-8-10-13/h12-13,15H,4-11H2,1-3H3. The predicted octanol–water partition coefficient (Wildman–Crippen LogP) is 2.41. The van der Waals surface area contributed by atoms with Crippen molar-refractivity contribution in [3.8, 4) is 0 Å². The molecule has 17 heavy (non-hydrogen) atoms. The van der Waals surface area contributed by atoms with E-state index in [1.807, 2.05) is 20.9 Å². The minimum absolute atomic E-state index is 0.0387. The SMILES string of the molecule is CCN(C)C(=O)C(C)NCC1CCCCCC1. The highest BCUT2D eigenvalue weighted by molar-refractivity contribution is 5.81. The van der Waals surface area contributed by atoms with Crippen molar-refractivity contribution >= 4 is 5.91 Å². The van der Waals surface area contributed by atoms with E-state index in [-0.39, 0.29) is 11.9 Å². The van der Waals surface area contributed by atoms with Crippen LogP contribution in [0.25, 0.3) is 0 Å². The first-order chi connectivity index (χ1) is 8.15. The molecule has 1 fully saturated rings. The maximum Gasteiger partial charge on any atom is 0.239 e. The Morgan fingerprint density at radius 2 is 1.88 bits per heavy atom. The van der Waals surface area contributed by atoms with Crippen LogP contribution in [0, 0.1) is 5.92 Å². The molecule has 1 atom stereocenters. The van der Waals surface area contributed by atoms with Crippen LogP contribution in [0.2, 0.25) is 0 Å². The molecule has 0 spiro atoms. The number of nitrogens with zero attached hydrogens (tertiary/aromatic N) is 1. The van der Waals surface area contributed by atoms with Crippen molar-refractivity contribution in [2.24, 2.45) is 5.92 Å². The molecule has 3 nitrogen and oxygen atoms in total. The predicted molar refractivity (Wildman–Crippen MR) is 72.0 cm³/mol. The summed E-state index contributed by atoms with van der Waals surface area (Å²) in [6.07, 6.45) is 8.18. The first-order valence-electron chi connectivity index (χ1n) is 7.13. The van der Waals surface area contributed by atoms with E-state index >= 15 is 0 Å². The number of likely N-dealkylation sites (N-methyl/N-ethyl adjacent to an activating group) is 1. The minimum atomic E-state index is -0.0387. The van der Waals surface area contributed by atoms with Gasteiger partial charge in [-0.2, -0.15) is 0 Å². The molecule has 0 saturated heterocycles. The molecule has 3 heteroatoms. The fraction of sp³-hybridized carbons (Fsp3) is 0.929. The van der Waals surface area contributed by atoms with Crippen molar-refractivity contribution in [1.29, 1.82) is 0 Å². The molecule has 1 unspecified atom stereocenters. The van der Waals surface area contributed by atoms with Gasteiger partial charge in [0.1, 0.15) is 0 Å². The smallest absolute Gasteiger partial charge is 0.239 e. The molecule has 0 aromatic rings. The monoisotopic (exact) mass is 240 g/mol. The zero-order valence-corrected chi connectivity index (χ0v) is 11.7. The van der Waals surface area contributed by atoms with Gasteiger partial charge in [0.15, 0.2) is 0 Å². The molecule has 1 rings (SSSR count). The van der Waals surface area contributed by atoms with Crippen LogP contribution in [-0.4, -0.2) is 37.0 Å². The van der Waals surface area contributed by atoms with Crippen molar-refractivity contribution in [2.75, 3.05) is 20.1 Å². The Bertz CT molecular complexity index is 222. The van der Waals surface area contributed by atoms with E-state index in [0.717, 1.165) is 19.0 Å². The fourth-order valence-electron chi connectivity index (χ4n) is 2.49. The summed E-state index contributed by atoms with van der Waals surface area (Å²) < 4.78 is 0. The fourth-order valence-corrected chi connectivity index (χ4v) is 2.49. The van der Waals surface area contributed by atoms with Gasteiger partial charge in [-0.15, -0.1) is 0 Å². The van der Waals surface area contributed by atoms with Crippen LogP contribution in [0.5, 0.6) is 0 Å². The first kappa shape index (κ1) is 14.5. The molecular formula is C14H28N2O. The van der Waals surface area contributed by atoms with Gasteiger partial charge in [-0.3, -0.25) is 4.79 Å². The highest BCUT2D eigenvalue weighted by Crippen LogP contribution is 2.22. The summed E-state index contributed by atoms with van der Waals surface area (Å²) in [5.41, 5.74) is 0. The van der Waals surface area contributed by atoms with Gasteiger partial charge in [-0.25, -0.2) is 0 Å². The summed E-state index contributed by atoms with van der Waals surface area (Å²) in [5, 5.41) is 3.40. The molecule has 100 valence electrons. The molecule has 0 heterocycles. The lowest BCUT2D eigenvalue weighted by atomic mass is 10.00. The quantitative estimate of drug-likeness (QED) is 0.749. The Kier molecular flexibility index (Phi) is 6.56. The first-order valence-corrected chi connectivity index (χ1v) is 7.13. The van der Waals surface area contributed by atoms with E-state index < -0.39 is 0 Å². The Morgan fingerprint density at radius 3 is 2.41 bits per heavy atom. The molecule has 1 aliphatic carbocycles. The lowest BCUT2D eigenvalue weighted by molar-refractivity contribution is -0.131. The molecule has 0 bridgehead atoms. The third-order valence-corrected chi connectivity index (χ3v) is 3.91. The molecular weight excluding hydrogens is 212 g/mol. The van der Waals surface area contributed by atoms with Gasteiger partial charge in [0.25, 0.3) is 0 Å². The van der Waals surface area contributed by atoms with Crippen LogP contribution < -0.4 is 5.32 Å². The topological polar surface area (TPSA) is 32.3 Å². The van der Waals surface area contributed by atoms with E-state index in [2.05, 4.69) is 5.32 Å². The Balaban J connectivity index is 2.26. The summed E-state index contributed by atoms with van der Waals surface area (Å²) in [6, 6.07) is -0.0387. The van der Waals surface area contributed by atoms with Gasteiger partial charge in [0, 0.05) is 13.6 Å². The van der Waals surface area contributed by atoms with Crippen molar-refractivity contribution in [1.82, 2.24) is 10.2 Å². The average Bonchev–Trinajstić information content (AvgIpc) is 2.62. The third-order valence-electron chi connectivity index (χ3n) is 3.91. The van der Waals surface area contributed by atoms with Crippen molar-refractivity contribution < 1.29 is 4.79 Å².